The molecule has 0 atom stereocenters. The molecule has 0 aliphatic carbocycles. The first-order chi connectivity index (χ1) is 13.0. The summed E-state index contributed by atoms with van der Waals surface area (Å²) in [5.41, 5.74) is 1.27. The van der Waals surface area contributed by atoms with E-state index in [4.69, 9.17) is 0 Å². The molecule has 28 heavy (non-hydrogen) atoms. The van der Waals surface area contributed by atoms with Crippen molar-refractivity contribution >= 4 is 51.8 Å². The van der Waals surface area contributed by atoms with E-state index in [-0.39, 0.29) is 29.4 Å². The lowest BCUT2D eigenvalue weighted by Crippen LogP contribution is -2.54. The van der Waals surface area contributed by atoms with Gasteiger partial charge < -0.3 is 15.1 Å². The zero-order chi connectivity index (χ0) is 19.3. The highest BCUT2D eigenvalue weighted by molar-refractivity contribution is 14.0. The third kappa shape index (κ3) is 5.56. The number of piperazine rings is 1. The second-order valence-corrected chi connectivity index (χ2v) is 8.14. The van der Waals surface area contributed by atoms with E-state index in [1.807, 2.05) is 19.2 Å². The van der Waals surface area contributed by atoms with Crippen LogP contribution >= 0.6 is 39.9 Å². The Balaban J connectivity index is 0.00000280. The predicted octanol–water partition coefficient (Wildman–Crippen LogP) is 3.53. The SMILES string of the molecule is CN=C(NCC(C)(C)c1ccccc1Br)N1CCN(c2ncccn2)CC1.I. The maximum atomic E-state index is 4.50. The number of aromatic nitrogens is 2. The van der Waals surface area contributed by atoms with Gasteiger partial charge in [0, 0.05) is 62.1 Å². The van der Waals surface area contributed by atoms with Gasteiger partial charge in [0.25, 0.3) is 0 Å². The largest absolute Gasteiger partial charge is 0.355 e. The summed E-state index contributed by atoms with van der Waals surface area (Å²) >= 11 is 3.68. The van der Waals surface area contributed by atoms with E-state index in [2.05, 4.69) is 78.1 Å². The average molecular weight is 559 g/mol. The van der Waals surface area contributed by atoms with Crippen LogP contribution in [0.2, 0.25) is 0 Å². The van der Waals surface area contributed by atoms with E-state index in [1.165, 1.54) is 5.56 Å². The van der Waals surface area contributed by atoms with Crippen LogP contribution in [0.4, 0.5) is 5.95 Å². The van der Waals surface area contributed by atoms with E-state index in [0.29, 0.717) is 0 Å². The Labute approximate surface area is 193 Å². The Morgan fingerprint density at radius 1 is 1.11 bits per heavy atom. The molecule has 0 spiro atoms. The zero-order valence-corrected chi connectivity index (χ0v) is 20.5. The number of nitrogens with zero attached hydrogens (tertiary/aromatic N) is 5. The van der Waals surface area contributed by atoms with E-state index in [9.17, 15) is 0 Å². The fraction of sp³-hybridized carbons (Fsp3) is 0.450. The summed E-state index contributed by atoms with van der Waals surface area (Å²) in [6.45, 7) is 8.87. The third-order valence-electron chi connectivity index (χ3n) is 4.92. The number of hydrogen-bond acceptors (Lipinski definition) is 4. The van der Waals surface area contributed by atoms with Crippen LogP contribution in [-0.4, -0.2) is 60.6 Å². The number of rotatable bonds is 4. The number of hydrogen-bond donors (Lipinski definition) is 1. The van der Waals surface area contributed by atoms with Crippen LogP contribution in [0.3, 0.4) is 0 Å². The summed E-state index contributed by atoms with van der Waals surface area (Å²) < 4.78 is 1.14. The lowest BCUT2D eigenvalue weighted by molar-refractivity contribution is 0.364. The Hall–Kier alpha value is -1.42. The van der Waals surface area contributed by atoms with Crippen molar-refractivity contribution in [2.24, 2.45) is 4.99 Å². The van der Waals surface area contributed by atoms with Gasteiger partial charge in [-0.15, -0.1) is 24.0 Å². The van der Waals surface area contributed by atoms with Gasteiger partial charge >= 0.3 is 0 Å². The van der Waals surface area contributed by atoms with Crippen molar-refractivity contribution in [2.75, 3.05) is 44.7 Å². The normalized spacial score (nSPS) is 15.2. The molecule has 1 aromatic heterocycles. The molecule has 6 nitrogen and oxygen atoms in total. The number of aliphatic imine (C=N–C) groups is 1. The molecule has 0 unspecified atom stereocenters. The minimum Gasteiger partial charge on any atom is -0.355 e. The van der Waals surface area contributed by atoms with Gasteiger partial charge in [0.1, 0.15) is 0 Å². The fourth-order valence-corrected chi connectivity index (χ4v) is 4.13. The molecule has 1 aromatic carbocycles. The molecule has 0 saturated carbocycles. The van der Waals surface area contributed by atoms with Gasteiger partial charge in [-0.25, -0.2) is 9.97 Å². The van der Waals surface area contributed by atoms with Crippen LogP contribution in [0.25, 0.3) is 0 Å². The first kappa shape index (κ1) is 22.9. The Morgan fingerprint density at radius 3 is 2.36 bits per heavy atom. The summed E-state index contributed by atoms with van der Waals surface area (Å²) in [5.74, 6) is 1.75. The Bertz CT molecular complexity index is 775. The summed E-state index contributed by atoms with van der Waals surface area (Å²) in [6, 6.07) is 10.2. The fourth-order valence-electron chi connectivity index (χ4n) is 3.31. The maximum absolute atomic E-state index is 4.50. The van der Waals surface area contributed by atoms with Crippen molar-refractivity contribution in [1.82, 2.24) is 20.2 Å². The smallest absolute Gasteiger partial charge is 0.225 e. The van der Waals surface area contributed by atoms with Gasteiger partial charge in [0.2, 0.25) is 5.95 Å². The minimum absolute atomic E-state index is 0. The first-order valence-electron chi connectivity index (χ1n) is 9.24. The first-order valence-corrected chi connectivity index (χ1v) is 10.0. The van der Waals surface area contributed by atoms with Crippen molar-refractivity contribution in [3.8, 4) is 0 Å². The number of anilines is 1. The van der Waals surface area contributed by atoms with Gasteiger partial charge in [0.15, 0.2) is 5.96 Å². The van der Waals surface area contributed by atoms with Crippen LogP contribution < -0.4 is 10.2 Å². The molecule has 0 amide bonds. The number of benzene rings is 1. The van der Waals surface area contributed by atoms with Crippen molar-refractivity contribution in [2.45, 2.75) is 19.3 Å². The summed E-state index contributed by atoms with van der Waals surface area (Å²) in [7, 11) is 1.85. The average Bonchev–Trinajstić information content (AvgIpc) is 2.70. The number of guanidine groups is 1. The molecule has 0 radical (unpaired) electrons. The highest BCUT2D eigenvalue weighted by Gasteiger charge is 2.26. The molecule has 1 aliphatic rings. The molecule has 152 valence electrons. The van der Waals surface area contributed by atoms with Crippen LogP contribution in [0.1, 0.15) is 19.4 Å². The monoisotopic (exact) mass is 558 g/mol. The van der Waals surface area contributed by atoms with Gasteiger partial charge in [-0.05, 0) is 17.7 Å². The Kier molecular flexibility index (Phi) is 8.48. The third-order valence-corrected chi connectivity index (χ3v) is 5.61. The van der Waals surface area contributed by atoms with E-state index in [1.54, 1.807) is 12.4 Å². The standard InChI is InChI=1S/C20H27BrN6.HI/c1-20(2,16-7-4-5-8-17(16)21)15-25-18(22-3)26-11-13-27(14-12-26)19-23-9-6-10-24-19;/h4-10H,11-15H2,1-3H3,(H,22,25);1H. The van der Waals surface area contributed by atoms with Gasteiger partial charge in [-0.1, -0.05) is 48.0 Å². The second-order valence-electron chi connectivity index (χ2n) is 7.29. The molecule has 1 aliphatic heterocycles. The van der Waals surface area contributed by atoms with Gasteiger partial charge in [-0.3, -0.25) is 4.99 Å². The summed E-state index contributed by atoms with van der Waals surface area (Å²) in [4.78, 5) is 17.7. The topological polar surface area (TPSA) is 56.7 Å². The molecular formula is C20H28BrIN6. The molecule has 2 aromatic rings. The quantitative estimate of drug-likeness (QED) is 0.353. The second kappa shape index (κ2) is 10.4. The van der Waals surface area contributed by atoms with Crippen molar-refractivity contribution in [1.29, 1.82) is 0 Å². The van der Waals surface area contributed by atoms with Crippen molar-refractivity contribution in [3.05, 3.63) is 52.8 Å². The van der Waals surface area contributed by atoms with Crippen molar-refractivity contribution in [3.63, 3.8) is 0 Å². The lowest BCUT2D eigenvalue weighted by atomic mass is 9.84. The van der Waals surface area contributed by atoms with Crippen LogP contribution in [-0.2, 0) is 5.41 Å². The van der Waals surface area contributed by atoms with Crippen molar-refractivity contribution < 1.29 is 0 Å². The van der Waals surface area contributed by atoms with E-state index in [0.717, 1.165) is 49.1 Å². The number of halogens is 2. The molecule has 0 bridgehead atoms. The van der Waals surface area contributed by atoms with E-state index >= 15 is 0 Å². The molecular weight excluding hydrogens is 531 g/mol. The van der Waals surface area contributed by atoms with Crippen LogP contribution in [0.15, 0.2) is 52.2 Å². The Morgan fingerprint density at radius 2 is 1.75 bits per heavy atom. The molecule has 1 N–H and O–H groups in total. The predicted molar refractivity (Wildman–Crippen MR) is 130 cm³/mol. The lowest BCUT2D eigenvalue weighted by Gasteiger charge is -2.37. The van der Waals surface area contributed by atoms with Gasteiger partial charge in [-0.2, -0.15) is 0 Å². The molecule has 3 rings (SSSR count). The molecule has 8 heteroatoms. The zero-order valence-electron chi connectivity index (χ0n) is 16.6. The highest BCUT2D eigenvalue weighted by atomic mass is 127. The van der Waals surface area contributed by atoms with E-state index < -0.39 is 0 Å². The van der Waals surface area contributed by atoms with Crippen LogP contribution in [0, 0.1) is 0 Å². The molecule has 1 saturated heterocycles. The minimum atomic E-state index is -0.0181. The molecule has 2 heterocycles. The van der Waals surface area contributed by atoms with Gasteiger partial charge in [0.05, 0.1) is 0 Å². The number of nitrogens with one attached hydrogen (secondary N) is 1. The highest BCUT2D eigenvalue weighted by Crippen LogP contribution is 2.29. The maximum Gasteiger partial charge on any atom is 0.225 e. The molecule has 1 fully saturated rings. The van der Waals surface area contributed by atoms with Crippen LogP contribution in [0.5, 0.6) is 0 Å². The summed E-state index contributed by atoms with van der Waals surface area (Å²) in [6.07, 6.45) is 3.58. The summed E-state index contributed by atoms with van der Waals surface area (Å²) in [5, 5.41) is 3.57.